The van der Waals surface area contributed by atoms with Gasteiger partial charge in [-0.1, -0.05) is 12.8 Å². The second kappa shape index (κ2) is 5.48. The van der Waals surface area contributed by atoms with E-state index >= 15 is 0 Å². The van der Waals surface area contributed by atoms with Crippen LogP contribution in [-0.2, 0) is 0 Å². The van der Waals surface area contributed by atoms with E-state index in [9.17, 15) is 4.39 Å². The van der Waals surface area contributed by atoms with E-state index in [0.717, 1.165) is 25.9 Å². The topological polar surface area (TPSA) is 68.2 Å². The molecule has 1 aliphatic rings. The standard InChI is InChI=1S/C14H17FN4O/c15-10-5-6-12(16)11(9-10)13-17-14(18-20-13)19-7-3-1-2-4-8-19/h5-6,9H,1-4,7-8,16H2. The van der Waals surface area contributed by atoms with Crippen LogP contribution in [0.5, 0.6) is 0 Å². The molecule has 106 valence electrons. The fourth-order valence-electron chi connectivity index (χ4n) is 2.44. The fraction of sp³-hybridized carbons (Fsp3) is 0.429. The number of anilines is 2. The van der Waals surface area contributed by atoms with Gasteiger partial charge in [0.15, 0.2) is 0 Å². The SMILES string of the molecule is Nc1ccc(F)cc1-c1nc(N2CCCCCC2)no1. The maximum atomic E-state index is 13.3. The molecule has 2 N–H and O–H groups in total. The molecule has 0 atom stereocenters. The van der Waals surface area contributed by atoms with Gasteiger partial charge in [0, 0.05) is 18.8 Å². The second-order valence-electron chi connectivity index (χ2n) is 5.03. The molecule has 0 bridgehead atoms. The Morgan fingerprint density at radius 1 is 1.15 bits per heavy atom. The summed E-state index contributed by atoms with van der Waals surface area (Å²) < 4.78 is 18.5. The Morgan fingerprint density at radius 2 is 1.90 bits per heavy atom. The zero-order valence-corrected chi connectivity index (χ0v) is 11.2. The Hall–Kier alpha value is -2.11. The van der Waals surface area contributed by atoms with Gasteiger partial charge in [0.25, 0.3) is 11.8 Å². The normalized spacial score (nSPS) is 16.1. The molecule has 0 aliphatic carbocycles. The quantitative estimate of drug-likeness (QED) is 0.854. The van der Waals surface area contributed by atoms with Gasteiger partial charge in [-0.3, -0.25) is 0 Å². The average Bonchev–Trinajstić information content (AvgIpc) is 2.77. The van der Waals surface area contributed by atoms with Crippen molar-refractivity contribution in [3.63, 3.8) is 0 Å². The lowest BCUT2D eigenvalue weighted by atomic mass is 10.2. The number of nitrogens with zero attached hydrogens (tertiary/aromatic N) is 3. The third kappa shape index (κ3) is 2.59. The summed E-state index contributed by atoms with van der Waals surface area (Å²) in [6.07, 6.45) is 4.73. The Morgan fingerprint density at radius 3 is 2.65 bits per heavy atom. The lowest BCUT2D eigenvalue weighted by molar-refractivity contribution is 0.429. The van der Waals surface area contributed by atoms with E-state index in [1.54, 1.807) is 0 Å². The largest absolute Gasteiger partial charge is 0.398 e. The summed E-state index contributed by atoms with van der Waals surface area (Å²) in [7, 11) is 0. The number of halogens is 1. The first-order valence-corrected chi connectivity index (χ1v) is 6.88. The van der Waals surface area contributed by atoms with Crippen LogP contribution in [0, 0.1) is 5.82 Å². The number of nitrogens with two attached hydrogens (primary N) is 1. The molecule has 1 fully saturated rings. The highest BCUT2D eigenvalue weighted by Crippen LogP contribution is 2.27. The van der Waals surface area contributed by atoms with E-state index in [-0.39, 0.29) is 11.7 Å². The van der Waals surface area contributed by atoms with Crippen molar-refractivity contribution in [1.29, 1.82) is 0 Å². The van der Waals surface area contributed by atoms with Crippen LogP contribution >= 0.6 is 0 Å². The van der Waals surface area contributed by atoms with Gasteiger partial charge in [0.1, 0.15) is 5.82 Å². The van der Waals surface area contributed by atoms with Crippen molar-refractivity contribution in [2.45, 2.75) is 25.7 Å². The highest BCUT2D eigenvalue weighted by molar-refractivity contribution is 5.70. The first kappa shape index (κ1) is 12.9. The third-order valence-corrected chi connectivity index (χ3v) is 3.55. The molecular weight excluding hydrogens is 259 g/mol. The van der Waals surface area contributed by atoms with Gasteiger partial charge in [-0.05, 0) is 36.2 Å². The van der Waals surface area contributed by atoms with Gasteiger partial charge >= 0.3 is 0 Å². The smallest absolute Gasteiger partial charge is 0.266 e. The minimum atomic E-state index is -0.372. The summed E-state index contributed by atoms with van der Waals surface area (Å²) in [6.45, 7) is 1.86. The summed E-state index contributed by atoms with van der Waals surface area (Å²) in [5.74, 6) is 0.454. The van der Waals surface area contributed by atoms with Gasteiger partial charge in [-0.15, -0.1) is 0 Å². The Bertz CT molecular complexity index is 591. The predicted octanol–water partition coefficient (Wildman–Crippen LogP) is 2.84. The van der Waals surface area contributed by atoms with E-state index < -0.39 is 0 Å². The lowest BCUT2D eigenvalue weighted by Gasteiger charge is -2.16. The summed E-state index contributed by atoms with van der Waals surface area (Å²) in [6, 6.07) is 4.13. The molecule has 0 saturated carbocycles. The molecule has 0 spiro atoms. The maximum absolute atomic E-state index is 13.3. The number of rotatable bonds is 2. The molecule has 0 radical (unpaired) electrons. The van der Waals surface area contributed by atoms with Crippen molar-refractivity contribution in [3.8, 4) is 11.5 Å². The molecule has 2 aromatic rings. The second-order valence-corrected chi connectivity index (χ2v) is 5.03. The molecule has 20 heavy (non-hydrogen) atoms. The van der Waals surface area contributed by atoms with Gasteiger partial charge in [0.2, 0.25) is 0 Å². The number of hydrogen-bond donors (Lipinski definition) is 1. The summed E-state index contributed by atoms with van der Waals surface area (Å²) in [4.78, 5) is 6.46. The minimum Gasteiger partial charge on any atom is -0.398 e. The van der Waals surface area contributed by atoms with Crippen LogP contribution in [0.4, 0.5) is 16.0 Å². The van der Waals surface area contributed by atoms with E-state index in [4.69, 9.17) is 10.3 Å². The van der Waals surface area contributed by atoms with E-state index in [1.165, 1.54) is 31.0 Å². The summed E-state index contributed by atoms with van der Waals surface area (Å²) in [5, 5.41) is 3.99. The van der Waals surface area contributed by atoms with Gasteiger partial charge in [-0.2, -0.15) is 4.98 Å². The van der Waals surface area contributed by atoms with Gasteiger partial charge < -0.3 is 15.2 Å². The lowest BCUT2D eigenvalue weighted by Crippen LogP contribution is -2.24. The molecule has 2 heterocycles. The monoisotopic (exact) mass is 276 g/mol. The van der Waals surface area contributed by atoms with Crippen molar-refractivity contribution in [1.82, 2.24) is 10.1 Å². The molecule has 1 saturated heterocycles. The van der Waals surface area contributed by atoms with Crippen LogP contribution in [0.15, 0.2) is 22.7 Å². The molecular formula is C14H17FN4O. The molecule has 1 aromatic heterocycles. The van der Waals surface area contributed by atoms with Crippen molar-refractivity contribution < 1.29 is 8.91 Å². The molecule has 1 aromatic carbocycles. The van der Waals surface area contributed by atoms with Gasteiger partial charge in [-0.25, -0.2) is 4.39 Å². The number of aromatic nitrogens is 2. The van der Waals surface area contributed by atoms with Crippen molar-refractivity contribution in [2.24, 2.45) is 0 Å². The van der Waals surface area contributed by atoms with Crippen LogP contribution in [0.1, 0.15) is 25.7 Å². The summed E-state index contributed by atoms with van der Waals surface area (Å²) >= 11 is 0. The van der Waals surface area contributed by atoms with Gasteiger partial charge in [0.05, 0.1) is 5.56 Å². The number of nitrogen functional groups attached to an aromatic ring is 1. The van der Waals surface area contributed by atoms with Crippen LogP contribution in [0.25, 0.3) is 11.5 Å². The van der Waals surface area contributed by atoms with Crippen LogP contribution in [0.3, 0.4) is 0 Å². The van der Waals surface area contributed by atoms with Crippen LogP contribution in [-0.4, -0.2) is 23.2 Å². The van der Waals surface area contributed by atoms with Crippen LogP contribution in [0.2, 0.25) is 0 Å². The molecule has 0 amide bonds. The predicted molar refractivity (Wildman–Crippen MR) is 74.8 cm³/mol. The Labute approximate surface area is 116 Å². The van der Waals surface area contributed by atoms with Crippen molar-refractivity contribution >= 4 is 11.6 Å². The first-order valence-electron chi connectivity index (χ1n) is 6.88. The number of hydrogen-bond acceptors (Lipinski definition) is 5. The zero-order valence-electron chi connectivity index (χ0n) is 11.2. The minimum absolute atomic E-state index is 0.265. The van der Waals surface area contributed by atoms with E-state index in [1.807, 2.05) is 0 Å². The van der Waals surface area contributed by atoms with E-state index in [2.05, 4.69) is 15.0 Å². The molecule has 0 unspecified atom stereocenters. The first-order chi connectivity index (χ1) is 9.74. The third-order valence-electron chi connectivity index (χ3n) is 3.55. The fourth-order valence-corrected chi connectivity index (χ4v) is 2.44. The van der Waals surface area contributed by atoms with E-state index in [0.29, 0.717) is 17.2 Å². The average molecular weight is 276 g/mol. The zero-order chi connectivity index (χ0) is 13.9. The highest BCUT2D eigenvalue weighted by atomic mass is 19.1. The Kier molecular flexibility index (Phi) is 3.54. The highest BCUT2D eigenvalue weighted by Gasteiger charge is 2.18. The van der Waals surface area contributed by atoms with Crippen molar-refractivity contribution in [2.75, 3.05) is 23.7 Å². The molecule has 6 heteroatoms. The summed E-state index contributed by atoms with van der Waals surface area (Å²) in [5.41, 5.74) is 6.70. The number of benzene rings is 1. The molecule has 5 nitrogen and oxygen atoms in total. The van der Waals surface area contributed by atoms with Crippen LogP contribution < -0.4 is 10.6 Å². The molecule has 1 aliphatic heterocycles. The molecule has 3 rings (SSSR count). The maximum Gasteiger partial charge on any atom is 0.266 e. The Balaban J connectivity index is 1.87. The van der Waals surface area contributed by atoms with Crippen molar-refractivity contribution in [3.05, 3.63) is 24.0 Å².